The quantitative estimate of drug-likeness (QED) is 0.745. The molecule has 5 nitrogen and oxygen atoms in total. The number of benzene rings is 2. The van der Waals surface area contributed by atoms with Crippen LogP contribution in [0.25, 0.3) is 0 Å². The summed E-state index contributed by atoms with van der Waals surface area (Å²) in [5.74, 6) is 0.186. The second-order valence-electron chi connectivity index (χ2n) is 6.95. The molecule has 2 amide bonds. The highest BCUT2D eigenvalue weighted by Crippen LogP contribution is 2.26. The van der Waals surface area contributed by atoms with E-state index in [1.807, 2.05) is 73.7 Å². The van der Waals surface area contributed by atoms with Crippen LogP contribution in [0.15, 0.2) is 72.9 Å². The zero-order chi connectivity index (χ0) is 19.5. The summed E-state index contributed by atoms with van der Waals surface area (Å²) in [6.07, 6.45) is 2.09. The lowest BCUT2D eigenvalue weighted by molar-refractivity contribution is -0.120. The van der Waals surface area contributed by atoms with Crippen LogP contribution in [0.4, 0.5) is 5.82 Å². The fourth-order valence-electron chi connectivity index (χ4n) is 3.53. The van der Waals surface area contributed by atoms with Crippen molar-refractivity contribution in [3.63, 3.8) is 0 Å². The summed E-state index contributed by atoms with van der Waals surface area (Å²) in [5.41, 5.74) is 3.50. The molecule has 0 aliphatic carbocycles. The molecule has 2 aromatic carbocycles. The fraction of sp³-hybridized carbons (Fsp3) is 0.174. The summed E-state index contributed by atoms with van der Waals surface area (Å²) >= 11 is 0. The SMILES string of the molecule is Cc1cccnc1NC(=O)C(Cc1ccccc1)N1Cc2ccccc2C1=O. The first kappa shape index (κ1) is 17.9. The number of nitrogens with one attached hydrogen (secondary N) is 1. The fourth-order valence-corrected chi connectivity index (χ4v) is 3.53. The Labute approximate surface area is 164 Å². The molecular formula is C23H21N3O2. The lowest BCUT2D eigenvalue weighted by atomic mass is 10.0. The number of hydrogen-bond acceptors (Lipinski definition) is 3. The molecule has 2 heterocycles. The summed E-state index contributed by atoms with van der Waals surface area (Å²) in [4.78, 5) is 32.1. The molecule has 0 fully saturated rings. The van der Waals surface area contributed by atoms with Gasteiger partial charge in [0.05, 0.1) is 0 Å². The molecule has 1 aromatic heterocycles. The third-order valence-electron chi connectivity index (χ3n) is 5.05. The highest BCUT2D eigenvalue weighted by atomic mass is 16.2. The van der Waals surface area contributed by atoms with E-state index in [9.17, 15) is 9.59 Å². The maximum Gasteiger partial charge on any atom is 0.255 e. The molecule has 0 saturated heterocycles. The van der Waals surface area contributed by atoms with E-state index in [4.69, 9.17) is 0 Å². The van der Waals surface area contributed by atoms with Gasteiger partial charge in [0.1, 0.15) is 11.9 Å². The monoisotopic (exact) mass is 371 g/mol. The van der Waals surface area contributed by atoms with Crippen LogP contribution in [0.2, 0.25) is 0 Å². The molecule has 4 rings (SSSR count). The van der Waals surface area contributed by atoms with Crippen LogP contribution >= 0.6 is 0 Å². The second kappa shape index (κ2) is 7.64. The Morgan fingerprint density at radius 1 is 1.07 bits per heavy atom. The number of aromatic nitrogens is 1. The minimum atomic E-state index is -0.622. The number of carbonyl (C=O) groups is 2. The predicted octanol–water partition coefficient (Wildman–Crippen LogP) is 3.60. The molecule has 1 N–H and O–H groups in total. The highest BCUT2D eigenvalue weighted by molar-refractivity contribution is 6.03. The van der Waals surface area contributed by atoms with Gasteiger partial charge in [0.2, 0.25) is 5.91 Å². The van der Waals surface area contributed by atoms with E-state index in [0.29, 0.717) is 24.3 Å². The number of rotatable bonds is 5. The summed E-state index contributed by atoms with van der Waals surface area (Å²) in [6.45, 7) is 2.33. The molecule has 1 aliphatic rings. The molecule has 0 radical (unpaired) electrons. The molecule has 1 aliphatic heterocycles. The first-order valence-corrected chi connectivity index (χ1v) is 9.29. The Kier molecular flexibility index (Phi) is 4.89. The van der Waals surface area contributed by atoms with Crippen molar-refractivity contribution in [1.82, 2.24) is 9.88 Å². The number of pyridine rings is 1. The smallest absolute Gasteiger partial charge is 0.255 e. The lowest BCUT2D eigenvalue weighted by Crippen LogP contribution is -2.45. The van der Waals surface area contributed by atoms with Crippen LogP contribution < -0.4 is 5.32 Å². The van der Waals surface area contributed by atoms with Crippen molar-refractivity contribution < 1.29 is 9.59 Å². The molecule has 3 aromatic rings. The van der Waals surface area contributed by atoms with Crippen molar-refractivity contribution in [3.8, 4) is 0 Å². The molecular weight excluding hydrogens is 350 g/mol. The van der Waals surface area contributed by atoms with Crippen molar-refractivity contribution in [2.45, 2.75) is 25.9 Å². The van der Waals surface area contributed by atoms with E-state index in [-0.39, 0.29) is 11.8 Å². The normalized spacial score (nSPS) is 13.9. The largest absolute Gasteiger partial charge is 0.322 e. The van der Waals surface area contributed by atoms with Gasteiger partial charge in [-0.1, -0.05) is 54.6 Å². The van der Waals surface area contributed by atoms with Crippen molar-refractivity contribution in [1.29, 1.82) is 0 Å². The van der Waals surface area contributed by atoms with Gasteiger partial charge >= 0.3 is 0 Å². The zero-order valence-corrected chi connectivity index (χ0v) is 15.6. The van der Waals surface area contributed by atoms with Crippen LogP contribution in [-0.4, -0.2) is 27.7 Å². The molecule has 1 atom stereocenters. The van der Waals surface area contributed by atoms with Gasteiger partial charge in [-0.05, 0) is 35.7 Å². The van der Waals surface area contributed by atoms with Crippen molar-refractivity contribution in [3.05, 3.63) is 95.2 Å². The number of amides is 2. The van der Waals surface area contributed by atoms with Gasteiger partial charge in [0, 0.05) is 24.7 Å². The molecule has 0 saturated carbocycles. The Morgan fingerprint density at radius 3 is 2.57 bits per heavy atom. The Morgan fingerprint density at radius 2 is 1.82 bits per heavy atom. The molecule has 140 valence electrons. The maximum absolute atomic E-state index is 13.2. The molecule has 0 bridgehead atoms. The van der Waals surface area contributed by atoms with E-state index < -0.39 is 6.04 Å². The molecule has 5 heteroatoms. The van der Waals surface area contributed by atoms with E-state index in [1.54, 1.807) is 11.1 Å². The van der Waals surface area contributed by atoms with Crippen molar-refractivity contribution >= 4 is 17.6 Å². The van der Waals surface area contributed by atoms with Gasteiger partial charge in [-0.3, -0.25) is 9.59 Å². The Bertz CT molecular complexity index is 1020. The van der Waals surface area contributed by atoms with Crippen molar-refractivity contribution in [2.75, 3.05) is 5.32 Å². The minimum Gasteiger partial charge on any atom is -0.322 e. The molecule has 1 unspecified atom stereocenters. The standard InChI is InChI=1S/C23H21N3O2/c1-16-8-7-13-24-21(16)25-22(27)20(14-17-9-3-2-4-10-17)26-15-18-11-5-6-12-19(18)23(26)28/h2-13,20H,14-15H2,1H3,(H,24,25,27). The predicted molar refractivity (Wildman–Crippen MR) is 108 cm³/mol. The topological polar surface area (TPSA) is 62.3 Å². The van der Waals surface area contributed by atoms with Gasteiger partial charge in [-0.2, -0.15) is 0 Å². The third-order valence-corrected chi connectivity index (χ3v) is 5.05. The summed E-state index contributed by atoms with van der Waals surface area (Å²) in [5, 5.41) is 2.91. The zero-order valence-electron chi connectivity index (χ0n) is 15.6. The number of fused-ring (bicyclic) bond motifs is 1. The Balaban J connectivity index is 1.64. The van der Waals surface area contributed by atoms with Gasteiger partial charge in [-0.25, -0.2) is 4.98 Å². The summed E-state index contributed by atoms with van der Waals surface area (Å²) in [7, 11) is 0. The van der Waals surface area contributed by atoms with Crippen LogP contribution in [0.1, 0.15) is 27.0 Å². The first-order valence-electron chi connectivity index (χ1n) is 9.29. The van der Waals surface area contributed by atoms with E-state index in [1.165, 1.54) is 0 Å². The minimum absolute atomic E-state index is 0.107. The van der Waals surface area contributed by atoms with E-state index in [2.05, 4.69) is 10.3 Å². The third kappa shape index (κ3) is 3.51. The van der Waals surface area contributed by atoms with E-state index >= 15 is 0 Å². The van der Waals surface area contributed by atoms with Crippen molar-refractivity contribution in [2.24, 2.45) is 0 Å². The lowest BCUT2D eigenvalue weighted by Gasteiger charge is -2.27. The van der Waals surface area contributed by atoms with E-state index in [0.717, 1.165) is 16.7 Å². The van der Waals surface area contributed by atoms with Crippen LogP contribution in [0, 0.1) is 6.92 Å². The number of nitrogens with zero attached hydrogens (tertiary/aromatic N) is 2. The highest BCUT2D eigenvalue weighted by Gasteiger charge is 2.36. The van der Waals surface area contributed by atoms with Crippen LogP contribution in [0.3, 0.4) is 0 Å². The van der Waals surface area contributed by atoms with Gasteiger partial charge < -0.3 is 10.2 Å². The summed E-state index contributed by atoms with van der Waals surface area (Å²) in [6, 6.07) is 20.4. The Hall–Kier alpha value is -3.47. The average Bonchev–Trinajstić information content (AvgIpc) is 3.05. The van der Waals surface area contributed by atoms with Gasteiger partial charge in [0.15, 0.2) is 0 Å². The number of anilines is 1. The number of hydrogen-bond donors (Lipinski definition) is 1. The number of carbonyl (C=O) groups excluding carboxylic acids is 2. The maximum atomic E-state index is 13.2. The van der Waals surface area contributed by atoms with Crippen LogP contribution in [0.5, 0.6) is 0 Å². The number of aryl methyl sites for hydroxylation is 1. The summed E-state index contributed by atoms with van der Waals surface area (Å²) < 4.78 is 0. The van der Waals surface area contributed by atoms with Gasteiger partial charge in [-0.15, -0.1) is 0 Å². The van der Waals surface area contributed by atoms with Crippen LogP contribution in [-0.2, 0) is 17.8 Å². The van der Waals surface area contributed by atoms with Gasteiger partial charge in [0.25, 0.3) is 5.91 Å². The second-order valence-corrected chi connectivity index (χ2v) is 6.95. The molecule has 0 spiro atoms. The molecule has 28 heavy (non-hydrogen) atoms. The first-order chi connectivity index (χ1) is 13.6. The average molecular weight is 371 g/mol.